The van der Waals surface area contributed by atoms with E-state index < -0.39 is 6.17 Å². The van der Waals surface area contributed by atoms with Gasteiger partial charge in [0.1, 0.15) is 6.17 Å². The molecular weight excluding hydrogens is 165 g/mol. The predicted octanol–water partition coefficient (Wildman–Crippen LogP) is 2.91. The summed E-state index contributed by atoms with van der Waals surface area (Å²) < 4.78 is 12.9. The van der Waals surface area contributed by atoms with E-state index in [4.69, 9.17) is 0 Å². The molecule has 70 valence electrons. The number of rotatable bonds is 2. The molecule has 2 atom stereocenters. The molecule has 2 unspecified atom stereocenters. The van der Waals surface area contributed by atoms with E-state index in [1.807, 2.05) is 31.2 Å². The quantitative estimate of drug-likeness (QED) is 0.736. The van der Waals surface area contributed by atoms with Crippen LogP contribution in [0.4, 0.5) is 10.1 Å². The van der Waals surface area contributed by atoms with Crippen LogP contribution in [-0.4, -0.2) is 12.2 Å². The van der Waals surface area contributed by atoms with Crippen LogP contribution in [0.3, 0.4) is 0 Å². The second-order valence-electron chi connectivity index (χ2n) is 3.71. The molecule has 1 nitrogen and oxygen atoms in total. The molecule has 1 fully saturated rings. The first-order valence-corrected chi connectivity index (χ1v) is 4.73. The highest BCUT2D eigenvalue weighted by Crippen LogP contribution is 2.26. The molecule has 1 aromatic rings. The lowest BCUT2D eigenvalue weighted by Gasteiger charge is -2.31. The van der Waals surface area contributed by atoms with Crippen LogP contribution < -0.4 is 5.32 Å². The van der Waals surface area contributed by atoms with Crippen molar-refractivity contribution in [3.8, 4) is 0 Å². The van der Waals surface area contributed by atoms with Gasteiger partial charge in [0.2, 0.25) is 0 Å². The van der Waals surface area contributed by atoms with E-state index in [1.54, 1.807) is 0 Å². The molecular formula is C11H14FN. The number of hydrogen-bond donors (Lipinski definition) is 1. The molecule has 1 N–H and O–H groups in total. The van der Waals surface area contributed by atoms with Crippen LogP contribution in [0.5, 0.6) is 0 Å². The van der Waals surface area contributed by atoms with Gasteiger partial charge < -0.3 is 5.32 Å². The topological polar surface area (TPSA) is 12.0 Å². The van der Waals surface area contributed by atoms with Crippen molar-refractivity contribution in [3.05, 3.63) is 29.8 Å². The fraction of sp³-hybridized carbons (Fsp3) is 0.455. The van der Waals surface area contributed by atoms with Gasteiger partial charge in [-0.05, 0) is 31.9 Å². The number of hydrogen-bond acceptors (Lipinski definition) is 1. The van der Waals surface area contributed by atoms with Crippen LogP contribution in [-0.2, 0) is 0 Å². The van der Waals surface area contributed by atoms with Crippen molar-refractivity contribution in [3.63, 3.8) is 0 Å². The Morgan fingerprint density at radius 1 is 1.23 bits per heavy atom. The average Bonchev–Trinajstić information content (AvgIpc) is 2.15. The number of anilines is 1. The minimum Gasteiger partial charge on any atom is -0.379 e. The summed E-state index contributed by atoms with van der Waals surface area (Å²) in [6, 6.07) is 8.12. The number of aryl methyl sites for hydroxylation is 1. The molecule has 1 saturated carbocycles. The SMILES string of the molecule is Cc1ccc(NC2CCC2F)cc1. The lowest BCUT2D eigenvalue weighted by molar-refractivity contribution is 0.186. The van der Waals surface area contributed by atoms with Crippen molar-refractivity contribution in [2.45, 2.75) is 32.0 Å². The zero-order valence-electron chi connectivity index (χ0n) is 7.76. The molecule has 1 aliphatic carbocycles. The monoisotopic (exact) mass is 179 g/mol. The Kier molecular flexibility index (Phi) is 2.21. The minimum absolute atomic E-state index is 0.0442. The van der Waals surface area contributed by atoms with E-state index >= 15 is 0 Å². The van der Waals surface area contributed by atoms with E-state index in [-0.39, 0.29) is 6.04 Å². The van der Waals surface area contributed by atoms with Crippen LogP contribution in [0.1, 0.15) is 18.4 Å². The highest BCUT2D eigenvalue weighted by atomic mass is 19.1. The molecule has 0 radical (unpaired) electrons. The Balaban J connectivity index is 1.98. The van der Waals surface area contributed by atoms with Crippen molar-refractivity contribution in [2.24, 2.45) is 0 Å². The molecule has 0 aliphatic heterocycles. The van der Waals surface area contributed by atoms with Gasteiger partial charge in [0.25, 0.3) is 0 Å². The Morgan fingerprint density at radius 3 is 2.38 bits per heavy atom. The first kappa shape index (κ1) is 8.54. The Hall–Kier alpha value is -1.05. The zero-order chi connectivity index (χ0) is 9.26. The molecule has 13 heavy (non-hydrogen) atoms. The van der Waals surface area contributed by atoms with Crippen LogP contribution in [0.2, 0.25) is 0 Å². The van der Waals surface area contributed by atoms with Gasteiger partial charge in [0.15, 0.2) is 0 Å². The number of alkyl halides is 1. The summed E-state index contributed by atoms with van der Waals surface area (Å²) in [6.45, 7) is 2.05. The number of halogens is 1. The molecule has 0 bridgehead atoms. The van der Waals surface area contributed by atoms with E-state index in [0.29, 0.717) is 6.42 Å². The summed E-state index contributed by atoms with van der Waals surface area (Å²) in [6.07, 6.45) is 1.01. The lowest BCUT2D eigenvalue weighted by atomic mass is 9.90. The van der Waals surface area contributed by atoms with Crippen molar-refractivity contribution >= 4 is 5.69 Å². The first-order valence-electron chi connectivity index (χ1n) is 4.73. The van der Waals surface area contributed by atoms with Crippen molar-refractivity contribution in [1.29, 1.82) is 0 Å². The maximum atomic E-state index is 12.9. The van der Waals surface area contributed by atoms with Gasteiger partial charge in [-0.2, -0.15) is 0 Å². The first-order chi connectivity index (χ1) is 6.25. The molecule has 1 aromatic carbocycles. The van der Waals surface area contributed by atoms with E-state index in [0.717, 1.165) is 12.1 Å². The van der Waals surface area contributed by atoms with Crippen molar-refractivity contribution in [1.82, 2.24) is 0 Å². The lowest BCUT2D eigenvalue weighted by Crippen LogP contribution is -2.39. The Morgan fingerprint density at radius 2 is 1.92 bits per heavy atom. The normalized spacial score (nSPS) is 26.6. The maximum absolute atomic E-state index is 12.9. The van der Waals surface area contributed by atoms with Gasteiger partial charge in [-0.3, -0.25) is 0 Å². The van der Waals surface area contributed by atoms with Crippen molar-refractivity contribution in [2.75, 3.05) is 5.32 Å². The molecule has 0 saturated heterocycles. The summed E-state index contributed by atoms with van der Waals surface area (Å²) in [5, 5.41) is 3.18. The third kappa shape index (κ3) is 1.82. The van der Waals surface area contributed by atoms with Crippen molar-refractivity contribution < 1.29 is 4.39 Å². The second-order valence-corrected chi connectivity index (χ2v) is 3.71. The fourth-order valence-electron chi connectivity index (χ4n) is 1.49. The third-order valence-corrected chi connectivity index (χ3v) is 2.59. The summed E-state index contributed by atoms with van der Waals surface area (Å²) in [5.74, 6) is 0. The molecule has 2 heteroatoms. The summed E-state index contributed by atoms with van der Waals surface area (Å²) in [5.41, 5.74) is 2.26. The molecule has 0 amide bonds. The molecule has 0 heterocycles. The van der Waals surface area contributed by atoms with E-state index in [1.165, 1.54) is 5.56 Å². The Bertz CT molecular complexity index is 281. The third-order valence-electron chi connectivity index (χ3n) is 2.59. The van der Waals surface area contributed by atoms with Gasteiger partial charge in [-0.25, -0.2) is 4.39 Å². The van der Waals surface area contributed by atoms with Gasteiger partial charge in [0, 0.05) is 5.69 Å². The van der Waals surface area contributed by atoms with E-state index in [9.17, 15) is 4.39 Å². The maximum Gasteiger partial charge on any atom is 0.120 e. The Labute approximate surface area is 78.0 Å². The number of nitrogens with one attached hydrogen (secondary N) is 1. The largest absolute Gasteiger partial charge is 0.379 e. The van der Waals surface area contributed by atoms with Gasteiger partial charge in [-0.1, -0.05) is 17.7 Å². The molecule has 0 aromatic heterocycles. The molecule has 0 spiro atoms. The van der Waals surface area contributed by atoms with Gasteiger partial charge in [0.05, 0.1) is 6.04 Å². The summed E-state index contributed by atoms with van der Waals surface area (Å²) in [7, 11) is 0. The van der Waals surface area contributed by atoms with E-state index in [2.05, 4.69) is 5.32 Å². The minimum atomic E-state index is -0.652. The smallest absolute Gasteiger partial charge is 0.120 e. The number of benzene rings is 1. The predicted molar refractivity (Wildman–Crippen MR) is 52.7 cm³/mol. The van der Waals surface area contributed by atoms with Crippen LogP contribution in [0.25, 0.3) is 0 Å². The second kappa shape index (κ2) is 3.36. The van der Waals surface area contributed by atoms with Crippen LogP contribution >= 0.6 is 0 Å². The van der Waals surface area contributed by atoms with Gasteiger partial charge in [-0.15, -0.1) is 0 Å². The highest BCUT2D eigenvalue weighted by Gasteiger charge is 2.30. The standard InChI is InChI=1S/C11H14FN/c1-8-2-4-9(5-3-8)13-11-7-6-10(11)12/h2-5,10-11,13H,6-7H2,1H3. The highest BCUT2D eigenvalue weighted by molar-refractivity contribution is 5.45. The fourth-order valence-corrected chi connectivity index (χ4v) is 1.49. The molecule has 1 aliphatic rings. The van der Waals surface area contributed by atoms with Gasteiger partial charge >= 0.3 is 0 Å². The molecule has 2 rings (SSSR count). The van der Waals surface area contributed by atoms with Crippen LogP contribution in [0, 0.1) is 6.92 Å². The van der Waals surface area contributed by atoms with Crippen LogP contribution in [0.15, 0.2) is 24.3 Å². The zero-order valence-corrected chi connectivity index (χ0v) is 7.76. The summed E-state index contributed by atoms with van der Waals surface area (Å²) in [4.78, 5) is 0. The average molecular weight is 179 g/mol. The summed E-state index contributed by atoms with van der Waals surface area (Å²) >= 11 is 0.